The van der Waals surface area contributed by atoms with E-state index in [0.29, 0.717) is 32.8 Å². The first-order valence-electron chi connectivity index (χ1n) is 10.7. The molecule has 0 atom stereocenters. The summed E-state index contributed by atoms with van der Waals surface area (Å²) in [6.07, 6.45) is 5.39. The number of carbonyl (C=O) groups is 3. The highest BCUT2D eigenvalue weighted by atomic mass is 16.5. The molecule has 10 nitrogen and oxygen atoms in total. The largest absolute Gasteiger partial charge is 0.463 e. The molecule has 0 spiro atoms. The first-order chi connectivity index (χ1) is 15.7. The Balaban J connectivity index is -0.000000449. The maximum atomic E-state index is 10.7. The smallest absolute Gasteiger partial charge is 0.330 e. The number of likely N-dealkylation sites (N-methyl/N-ethyl adjacent to an activating group) is 2. The normalized spacial score (nSPS) is 9.55. The molecule has 0 radical (unpaired) electrons. The molecule has 0 aliphatic carbocycles. The highest BCUT2D eigenvalue weighted by Crippen LogP contribution is 1.88. The van der Waals surface area contributed by atoms with Gasteiger partial charge < -0.3 is 29.3 Å². The molecule has 0 saturated carbocycles. The van der Waals surface area contributed by atoms with E-state index in [-0.39, 0.29) is 32.4 Å². The number of hydrogen-bond donors (Lipinski definition) is 2. The fourth-order valence-electron chi connectivity index (χ4n) is 1.66. The van der Waals surface area contributed by atoms with Crippen molar-refractivity contribution < 1.29 is 38.8 Å². The molecule has 0 fully saturated rings. The first kappa shape index (κ1) is 35.1. The monoisotopic (exact) mass is 474 g/mol. The van der Waals surface area contributed by atoms with E-state index in [4.69, 9.17) is 19.7 Å². The van der Waals surface area contributed by atoms with E-state index < -0.39 is 11.9 Å². The van der Waals surface area contributed by atoms with Gasteiger partial charge in [0.2, 0.25) is 0 Å². The average molecular weight is 475 g/mol. The third kappa shape index (κ3) is 31.7. The van der Waals surface area contributed by atoms with Gasteiger partial charge in [0.15, 0.2) is 0 Å². The fourth-order valence-corrected chi connectivity index (χ4v) is 1.66. The summed E-state index contributed by atoms with van der Waals surface area (Å²) in [6, 6.07) is 0. The van der Waals surface area contributed by atoms with Gasteiger partial charge in [-0.25, -0.2) is 14.4 Å². The van der Waals surface area contributed by atoms with Gasteiger partial charge in [-0.1, -0.05) is 33.1 Å². The number of ether oxygens (including phenoxy) is 3. The Morgan fingerprint density at radius 2 is 1.03 bits per heavy atom. The number of hydrogen-bond acceptors (Lipinski definition) is 10. The van der Waals surface area contributed by atoms with Crippen LogP contribution in [0.15, 0.2) is 38.0 Å². The van der Waals surface area contributed by atoms with Crippen molar-refractivity contribution >= 4 is 17.9 Å². The van der Waals surface area contributed by atoms with Gasteiger partial charge in [-0.15, -0.1) is 0 Å². The van der Waals surface area contributed by atoms with Gasteiger partial charge in [0.05, 0.1) is 19.8 Å². The number of unbranched alkanes of at least 4 members (excludes halogenated alkanes) is 1. The maximum absolute atomic E-state index is 10.7. The highest BCUT2D eigenvalue weighted by molar-refractivity contribution is 5.81. The lowest BCUT2D eigenvalue weighted by atomic mass is 10.4. The van der Waals surface area contributed by atoms with Crippen LogP contribution in [0.5, 0.6) is 0 Å². The summed E-state index contributed by atoms with van der Waals surface area (Å²) in [6.45, 7) is 15.7. The molecule has 0 rings (SSSR count). The van der Waals surface area contributed by atoms with Crippen LogP contribution in [0, 0.1) is 0 Å². The second-order valence-corrected chi connectivity index (χ2v) is 6.52. The molecule has 0 unspecified atom stereocenters. The van der Waals surface area contributed by atoms with Crippen LogP contribution in [0.1, 0.15) is 19.8 Å². The molecule has 33 heavy (non-hydrogen) atoms. The topological polar surface area (TPSA) is 126 Å². The van der Waals surface area contributed by atoms with Gasteiger partial charge in [-0.05, 0) is 20.5 Å². The predicted octanol–water partition coefficient (Wildman–Crippen LogP) is 0.795. The van der Waals surface area contributed by atoms with Crippen molar-refractivity contribution in [3.63, 3.8) is 0 Å². The second-order valence-electron chi connectivity index (χ2n) is 6.52. The van der Waals surface area contributed by atoms with Gasteiger partial charge >= 0.3 is 17.9 Å². The Kier molecular flexibility index (Phi) is 29.2. The molecule has 0 amide bonds. The minimum absolute atomic E-state index is 0.163. The standard InChI is InChI=1S/C11H17NO4.C7H12O2.C5H13NO2/c1-4-10(13)15-8-6-12(3)7-9-16-11(14)5-2;1-3-5-6-9-7(8)4-2;1-6(2-4-7)3-5-8/h4-5H,1-2,6-9H2,3H3;4H,2-3,5-6H2,1H3;7-8H,2-5H2,1H3. The van der Waals surface area contributed by atoms with Crippen molar-refractivity contribution in [3.8, 4) is 0 Å². The minimum Gasteiger partial charge on any atom is -0.463 e. The van der Waals surface area contributed by atoms with E-state index in [1.165, 1.54) is 6.08 Å². The van der Waals surface area contributed by atoms with E-state index in [2.05, 4.69) is 24.5 Å². The van der Waals surface area contributed by atoms with Crippen LogP contribution >= 0.6 is 0 Å². The molecule has 0 heterocycles. The molecule has 2 N–H and O–H groups in total. The summed E-state index contributed by atoms with van der Waals surface area (Å²) in [5, 5.41) is 16.7. The minimum atomic E-state index is -0.438. The summed E-state index contributed by atoms with van der Waals surface area (Å²) in [5.74, 6) is -1.21. The number of aliphatic hydroxyl groups excluding tert-OH is 2. The average Bonchev–Trinajstić information content (AvgIpc) is 2.80. The summed E-state index contributed by atoms with van der Waals surface area (Å²) >= 11 is 0. The zero-order valence-electron chi connectivity index (χ0n) is 20.4. The number of rotatable bonds is 16. The van der Waals surface area contributed by atoms with Gasteiger partial charge in [-0.2, -0.15) is 0 Å². The van der Waals surface area contributed by atoms with Gasteiger partial charge in [-0.3, -0.25) is 4.90 Å². The molecular formula is C23H42N2O8. The summed E-state index contributed by atoms with van der Waals surface area (Å²) in [7, 11) is 3.69. The molecule has 0 bridgehead atoms. The molecule has 0 aromatic rings. The number of aliphatic hydroxyl groups is 2. The lowest BCUT2D eigenvalue weighted by molar-refractivity contribution is -0.139. The Bertz CT molecular complexity index is 509. The van der Waals surface area contributed by atoms with E-state index in [0.717, 1.165) is 25.0 Å². The lowest BCUT2D eigenvalue weighted by Gasteiger charge is -2.15. The number of esters is 3. The lowest BCUT2D eigenvalue weighted by Crippen LogP contribution is -2.28. The van der Waals surface area contributed by atoms with Gasteiger partial charge in [0.25, 0.3) is 0 Å². The molecule has 10 heteroatoms. The quantitative estimate of drug-likeness (QED) is 0.144. The van der Waals surface area contributed by atoms with Crippen molar-refractivity contribution in [3.05, 3.63) is 38.0 Å². The zero-order valence-corrected chi connectivity index (χ0v) is 20.4. The molecule has 0 aliphatic heterocycles. The highest BCUT2D eigenvalue weighted by Gasteiger charge is 2.02. The van der Waals surface area contributed by atoms with Crippen LogP contribution in [-0.4, -0.2) is 111 Å². The van der Waals surface area contributed by atoms with Crippen LogP contribution in [0.4, 0.5) is 0 Å². The number of nitrogens with zero attached hydrogens (tertiary/aromatic N) is 2. The second kappa shape index (κ2) is 27.5. The molecule has 0 aromatic heterocycles. The van der Waals surface area contributed by atoms with Crippen molar-refractivity contribution in [2.75, 3.05) is 73.3 Å². The van der Waals surface area contributed by atoms with Crippen LogP contribution in [-0.2, 0) is 28.6 Å². The van der Waals surface area contributed by atoms with Crippen molar-refractivity contribution in [1.29, 1.82) is 0 Å². The van der Waals surface area contributed by atoms with Gasteiger partial charge in [0, 0.05) is 44.4 Å². The Morgan fingerprint density at radius 1 is 0.697 bits per heavy atom. The predicted molar refractivity (Wildman–Crippen MR) is 128 cm³/mol. The maximum Gasteiger partial charge on any atom is 0.330 e. The summed E-state index contributed by atoms with van der Waals surface area (Å²) < 4.78 is 14.3. The third-order valence-corrected chi connectivity index (χ3v) is 3.64. The van der Waals surface area contributed by atoms with Crippen LogP contribution in [0.3, 0.4) is 0 Å². The zero-order chi connectivity index (χ0) is 25.9. The van der Waals surface area contributed by atoms with E-state index in [9.17, 15) is 14.4 Å². The molecule has 0 aliphatic rings. The molecule has 0 saturated heterocycles. The van der Waals surface area contributed by atoms with Crippen LogP contribution in [0.2, 0.25) is 0 Å². The van der Waals surface area contributed by atoms with Crippen LogP contribution in [0.25, 0.3) is 0 Å². The SMILES string of the molecule is C=CC(=O)OCCCC.C=CC(=O)OCCN(C)CCOC(=O)C=C.CN(CCO)CCO. The van der Waals surface area contributed by atoms with Crippen LogP contribution < -0.4 is 0 Å². The van der Waals surface area contributed by atoms with E-state index in [1.807, 2.05) is 30.8 Å². The third-order valence-electron chi connectivity index (χ3n) is 3.64. The fraction of sp³-hybridized carbons (Fsp3) is 0.609. The van der Waals surface area contributed by atoms with Crippen molar-refractivity contribution in [1.82, 2.24) is 9.80 Å². The summed E-state index contributed by atoms with van der Waals surface area (Å²) in [4.78, 5) is 35.5. The molecule has 192 valence electrons. The Labute approximate surface area is 198 Å². The molecule has 0 aromatic carbocycles. The molecular weight excluding hydrogens is 432 g/mol. The van der Waals surface area contributed by atoms with E-state index in [1.54, 1.807) is 0 Å². The number of carbonyl (C=O) groups excluding carboxylic acids is 3. The van der Waals surface area contributed by atoms with E-state index >= 15 is 0 Å². The van der Waals surface area contributed by atoms with Gasteiger partial charge in [0.1, 0.15) is 13.2 Å². The Hall–Kier alpha value is -2.53. The van der Waals surface area contributed by atoms with Crippen molar-refractivity contribution in [2.45, 2.75) is 19.8 Å². The Morgan fingerprint density at radius 3 is 1.33 bits per heavy atom. The first-order valence-corrected chi connectivity index (χ1v) is 10.7. The summed E-state index contributed by atoms with van der Waals surface area (Å²) in [5.41, 5.74) is 0. The van der Waals surface area contributed by atoms with Crippen molar-refractivity contribution in [2.24, 2.45) is 0 Å².